The number of halogens is 1. The summed E-state index contributed by atoms with van der Waals surface area (Å²) in [5.41, 5.74) is 0.821. The summed E-state index contributed by atoms with van der Waals surface area (Å²) in [5.74, 6) is 0.742. The maximum atomic E-state index is 9.60. The van der Waals surface area contributed by atoms with Crippen LogP contribution in [0.2, 0.25) is 0 Å². The molecule has 16 heavy (non-hydrogen) atoms. The second-order valence-corrected chi connectivity index (χ2v) is 4.93. The number of aliphatic hydroxyl groups excluding tert-OH is 1. The van der Waals surface area contributed by atoms with Crippen LogP contribution in [0.4, 0.5) is 0 Å². The van der Waals surface area contributed by atoms with E-state index in [1.165, 1.54) is 0 Å². The molecule has 0 unspecified atom stereocenters. The average Bonchev–Trinajstić information content (AvgIpc) is 2.16. The van der Waals surface area contributed by atoms with E-state index in [1.54, 1.807) is 6.92 Å². The third kappa shape index (κ3) is 4.12. The smallest absolute Gasteiger partial charge is 0.126 e. The molecule has 90 valence electrons. The molecule has 4 heteroatoms. The van der Waals surface area contributed by atoms with Gasteiger partial charge in [0.1, 0.15) is 12.4 Å². The number of rotatable bonds is 5. The Hall–Kier alpha value is -0.580. The van der Waals surface area contributed by atoms with Crippen molar-refractivity contribution >= 4 is 15.9 Å². The van der Waals surface area contributed by atoms with E-state index in [2.05, 4.69) is 20.8 Å². The van der Waals surface area contributed by atoms with Gasteiger partial charge in [-0.1, -0.05) is 22.0 Å². The Morgan fingerprint density at radius 3 is 2.69 bits per heavy atom. The summed E-state index contributed by atoms with van der Waals surface area (Å²) >= 11 is 3.39. The Morgan fingerprint density at radius 1 is 1.44 bits per heavy atom. The van der Waals surface area contributed by atoms with Crippen molar-refractivity contribution < 1.29 is 9.84 Å². The van der Waals surface area contributed by atoms with Crippen LogP contribution in [0, 0.1) is 0 Å². The summed E-state index contributed by atoms with van der Waals surface area (Å²) in [6.45, 7) is 3.21. The highest BCUT2D eigenvalue weighted by molar-refractivity contribution is 9.10. The van der Waals surface area contributed by atoms with Gasteiger partial charge in [0.25, 0.3) is 0 Å². The summed E-state index contributed by atoms with van der Waals surface area (Å²) in [6, 6.07) is 5.66. The molecule has 1 aromatic rings. The number of benzene rings is 1. The van der Waals surface area contributed by atoms with E-state index in [9.17, 15) is 5.11 Å². The summed E-state index contributed by atoms with van der Waals surface area (Å²) in [4.78, 5) is 2.06. The Bertz CT molecular complexity index is 340. The first-order valence-electron chi connectivity index (χ1n) is 5.25. The predicted octanol–water partition coefficient (Wildman–Crippen LogP) is 2.44. The van der Waals surface area contributed by atoms with E-state index in [0.717, 1.165) is 22.3 Å². The molecule has 0 spiro atoms. The zero-order chi connectivity index (χ0) is 12.1. The fourth-order valence-corrected chi connectivity index (χ4v) is 1.66. The van der Waals surface area contributed by atoms with E-state index in [-0.39, 0.29) is 0 Å². The Balaban J connectivity index is 2.72. The van der Waals surface area contributed by atoms with Crippen molar-refractivity contribution in [1.82, 2.24) is 4.90 Å². The van der Waals surface area contributed by atoms with Gasteiger partial charge < -0.3 is 14.7 Å². The molecule has 0 saturated carbocycles. The van der Waals surface area contributed by atoms with Crippen LogP contribution in [-0.4, -0.2) is 37.3 Å². The fourth-order valence-electron chi connectivity index (χ4n) is 1.32. The van der Waals surface area contributed by atoms with Gasteiger partial charge >= 0.3 is 0 Å². The van der Waals surface area contributed by atoms with Crippen molar-refractivity contribution in [2.24, 2.45) is 0 Å². The monoisotopic (exact) mass is 287 g/mol. The lowest BCUT2D eigenvalue weighted by Crippen LogP contribution is -2.19. The van der Waals surface area contributed by atoms with Crippen molar-refractivity contribution in [3.63, 3.8) is 0 Å². The van der Waals surface area contributed by atoms with E-state index < -0.39 is 6.10 Å². The van der Waals surface area contributed by atoms with Gasteiger partial charge in [0, 0.05) is 16.6 Å². The van der Waals surface area contributed by atoms with Crippen LogP contribution in [0.15, 0.2) is 22.7 Å². The quantitative estimate of drug-likeness (QED) is 0.903. The molecule has 1 aromatic carbocycles. The number of hydrogen-bond acceptors (Lipinski definition) is 3. The molecule has 0 heterocycles. The minimum Gasteiger partial charge on any atom is -0.492 e. The molecule has 0 aliphatic carbocycles. The lowest BCUT2D eigenvalue weighted by Gasteiger charge is -2.15. The third-order valence-electron chi connectivity index (χ3n) is 2.22. The number of aliphatic hydroxyl groups is 1. The molecule has 0 fully saturated rings. The Labute approximate surface area is 105 Å². The largest absolute Gasteiger partial charge is 0.492 e. The second kappa shape index (κ2) is 6.23. The number of ether oxygens (including phenoxy) is 1. The maximum absolute atomic E-state index is 9.60. The van der Waals surface area contributed by atoms with Gasteiger partial charge in [-0.05, 0) is 33.2 Å². The first-order chi connectivity index (χ1) is 7.50. The molecular formula is C12H18BrNO2. The van der Waals surface area contributed by atoms with Crippen LogP contribution in [0.1, 0.15) is 18.6 Å². The van der Waals surface area contributed by atoms with Gasteiger partial charge in [0.05, 0.1) is 6.10 Å². The topological polar surface area (TPSA) is 32.7 Å². The molecule has 0 radical (unpaired) electrons. The molecule has 0 aliphatic rings. The van der Waals surface area contributed by atoms with E-state index >= 15 is 0 Å². The van der Waals surface area contributed by atoms with Gasteiger partial charge in [-0.3, -0.25) is 0 Å². The minimum atomic E-state index is -0.512. The summed E-state index contributed by atoms with van der Waals surface area (Å²) in [5, 5.41) is 9.60. The molecule has 1 rings (SSSR count). The Morgan fingerprint density at radius 2 is 2.12 bits per heavy atom. The summed E-state index contributed by atoms with van der Waals surface area (Å²) in [6.07, 6.45) is -0.512. The SMILES string of the molecule is C[C@@H](O)c1ccc(Br)cc1OCCN(C)C. The number of likely N-dealkylation sites (N-methyl/N-ethyl adjacent to an activating group) is 1. The van der Waals surface area contributed by atoms with Crippen LogP contribution in [-0.2, 0) is 0 Å². The number of nitrogens with zero attached hydrogens (tertiary/aromatic N) is 1. The summed E-state index contributed by atoms with van der Waals surface area (Å²) in [7, 11) is 4.00. The van der Waals surface area contributed by atoms with Gasteiger partial charge in [-0.15, -0.1) is 0 Å². The zero-order valence-electron chi connectivity index (χ0n) is 9.90. The molecule has 1 atom stereocenters. The van der Waals surface area contributed by atoms with Crippen LogP contribution in [0.5, 0.6) is 5.75 Å². The highest BCUT2D eigenvalue weighted by Gasteiger charge is 2.09. The molecule has 0 amide bonds. The number of hydrogen-bond donors (Lipinski definition) is 1. The standard InChI is InChI=1S/C12H18BrNO2/c1-9(15)11-5-4-10(13)8-12(11)16-7-6-14(2)3/h4-5,8-9,15H,6-7H2,1-3H3/t9-/m1/s1. The van der Waals surface area contributed by atoms with Gasteiger partial charge in [0.15, 0.2) is 0 Å². The van der Waals surface area contributed by atoms with E-state index in [0.29, 0.717) is 6.61 Å². The van der Waals surface area contributed by atoms with Crippen molar-refractivity contribution in [2.45, 2.75) is 13.0 Å². The average molecular weight is 288 g/mol. The van der Waals surface area contributed by atoms with Crippen molar-refractivity contribution in [3.05, 3.63) is 28.2 Å². The fraction of sp³-hybridized carbons (Fsp3) is 0.500. The highest BCUT2D eigenvalue weighted by Crippen LogP contribution is 2.28. The van der Waals surface area contributed by atoms with Crippen LogP contribution in [0.3, 0.4) is 0 Å². The molecule has 3 nitrogen and oxygen atoms in total. The molecule has 0 aromatic heterocycles. The minimum absolute atomic E-state index is 0.512. The van der Waals surface area contributed by atoms with Gasteiger partial charge in [-0.2, -0.15) is 0 Å². The molecule has 0 saturated heterocycles. The van der Waals surface area contributed by atoms with E-state index in [1.807, 2.05) is 32.3 Å². The zero-order valence-corrected chi connectivity index (χ0v) is 11.5. The van der Waals surface area contributed by atoms with Crippen LogP contribution < -0.4 is 4.74 Å². The van der Waals surface area contributed by atoms with Crippen molar-refractivity contribution in [2.75, 3.05) is 27.2 Å². The lowest BCUT2D eigenvalue weighted by molar-refractivity contribution is 0.188. The predicted molar refractivity (Wildman–Crippen MR) is 68.8 cm³/mol. The molecule has 1 N–H and O–H groups in total. The molecular weight excluding hydrogens is 270 g/mol. The highest BCUT2D eigenvalue weighted by atomic mass is 79.9. The molecule has 0 aliphatic heterocycles. The molecule has 0 bridgehead atoms. The van der Waals surface area contributed by atoms with E-state index in [4.69, 9.17) is 4.74 Å². The van der Waals surface area contributed by atoms with Crippen molar-refractivity contribution in [3.8, 4) is 5.75 Å². The Kier molecular flexibility index (Phi) is 5.25. The first kappa shape index (κ1) is 13.5. The van der Waals surface area contributed by atoms with Crippen LogP contribution >= 0.6 is 15.9 Å². The first-order valence-corrected chi connectivity index (χ1v) is 6.05. The lowest BCUT2D eigenvalue weighted by atomic mass is 10.1. The van der Waals surface area contributed by atoms with Gasteiger partial charge in [-0.25, -0.2) is 0 Å². The summed E-state index contributed by atoms with van der Waals surface area (Å²) < 4.78 is 6.61. The van der Waals surface area contributed by atoms with Crippen LogP contribution in [0.25, 0.3) is 0 Å². The van der Waals surface area contributed by atoms with Crippen molar-refractivity contribution in [1.29, 1.82) is 0 Å². The second-order valence-electron chi connectivity index (χ2n) is 4.01. The van der Waals surface area contributed by atoms with Gasteiger partial charge in [0.2, 0.25) is 0 Å². The maximum Gasteiger partial charge on any atom is 0.126 e. The third-order valence-corrected chi connectivity index (χ3v) is 2.72. The normalized spacial score (nSPS) is 12.9.